The lowest BCUT2D eigenvalue weighted by Crippen LogP contribution is -2.65. The van der Waals surface area contributed by atoms with Crippen LogP contribution in [0, 0.1) is 0 Å². The van der Waals surface area contributed by atoms with Crippen LogP contribution in [0.5, 0.6) is 0 Å². The second-order valence-electron chi connectivity index (χ2n) is 28.5. The number of amides is 1. The summed E-state index contributed by atoms with van der Waals surface area (Å²) in [5.74, 6) is -0.247. The van der Waals surface area contributed by atoms with Crippen molar-refractivity contribution in [1.29, 1.82) is 0 Å². The molecule has 2 rings (SSSR count). The van der Waals surface area contributed by atoms with Crippen LogP contribution < -0.4 is 5.32 Å². The van der Waals surface area contributed by atoms with Gasteiger partial charge in [-0.1, -0.05) is 338 Å². The molecule has 0 aliphatic carbocycles. The van der Waals surface area contributed by atoms with Gasteiger partial charge in [-0.05, 0) is 77.0 Å². The second-order valence-corrected chi connectivity index (χ2v) is 28.5. The first-order valence-electron chi connectivity index (χ1n) is 40.5. The van der Waals surface area contributed by atoms with Crippen LogP contribution in [0.1, 0.15) is 361 Å². The molecule has 0 spiro atoms. The highest BCUT2D eigenvalue weighted by Crippen LogP contribution is 2.30. The average Bonchev–Trinajstić information content (AvgIpc) is 0.807. The van der Waals surface area contributed by atoms with E-state index in [4.69, 9.17) is 18.9 Å². The van der Waals surface area contributed by atoms with Crippen molar-refractivity contribution in [2.24, 2.45) is 0 Å². The maximum absolute atomic E-state index is 13.4. The van der Waals surface area contributed by atoms with Gasteiger partial charge in [0.1, 0.15) is 48.8 Å². The fourth-order valence-corrected chi connectivity index (χ4v) is 13.2. The van der Waals surface area contributed by atoms with Gasteiger partial charge in [0.25, 0.3) is 0 Å². The Balaban J connectivity index is 1.57. The Hall–Kier alpha value is -2.31. The number of allylic oxidation sites excluding steroid dienone is 9. The van der Waals surface area contributed by atoms with Crippen molar-refractivity contribution in [2.75, 3.05) is 19.8 Å². The van der Waals surface area contributed by atoms with E-state index in [1.807, 2.05) is 6.08 Å². The number of aliphatic hydroxyl groups is 8. The maximum Gasteiger partial charge on any atom is 0.220 e. The van der Waals surface area contributed by atoms with E-state index in [-0.39, 0.29) is 18.9 Å². The van der Waals surface area contributed by atoms with Crippen molar-refractivity contribution in [1.82, 2.24) is 5.32 Å². The molecule has 14 nitrogen and oxygen atoms in total. The molecule has 2 heterocycles. The van der Waals surface area contributed by atoms with E-state index < -0.39 is 86.8 Å². The van der Waals surface area contributed by atoms with Crippen molar-refractivity contribution < 1.29 is 64.6 Å². The van der Waals surface area contributed by atoms with Crippen molar-refractivity contribution in [3.8, 4) is 0 Å². The number of hydrogen-bond acceptors (Lipinski definition) is 13. The molecule has 0 radical (unpaired) electrons. The van der Waals surface area contributed by atoms with Crippen LogP contribution in [-0.4, -0.2) is 140 Å². The van der Waals surface area contributed by atoms with Gasteiger partial charge >= 0.3 is 0 Å². The molecule has 2 aliphatic heterocycles. The SMILES string of the molecule is CCCCCCC/C=C\C/C=C\CCCCCCCCCCCCCCCCCCCCCCCCCCCCCCCC(=O)NC(COC1OC(CO)C(OC2OC(CO)C(O)C(O)C2O)C(O)C1O)C(O)/C=C/CC/C=C/CC/C=C/CCCCCCCCCCCCC. The van der Waals surface area contributed by atoms with Crippen LogP contribution in [0.15, 0.2) is 60.8 Å². The van der Waals surface area contributed by atoms with Gasteiger partial charge in [0.2, 0.25) is 5.91 Å². The van der Waals surface area contributed by atoms with E-state index in [2.05, 4.69) is 67.8 Å². The third-order valence-electron chi connectivity index (χ3n) is 19.7. The van der Waals surface area contributed by atoms with Crippen LogP contribution in [0.3, 0.4) is 0 Å². The van der Waals surface area contributed by atoms with Gasteiger partial charge < -0.3 is 65.1 Å². The second kappa shape index (κ2) is 66.0. The predicted octanol–water partition coefficient (Wildman–Crippen LogP) is 18.4. The van der Waals surface area contributed by atoms with Crippen molar-refractivity contribution >= 4 is 5.91 Å². The molecule has 2 aliphatic rings. The van der Waals surface area contributed by atoms with Gasteiger partial charge in [0, 0.05) is 6.42 Å². The molecule has 562 valence electrons. The third kappa shape index (κ3) is 48.5. The molecule has 0 aromatic heterocycles. The number of hydrogen-bond donors (Lipinski definition) is 9. The first-order valence-corrected chi connectivity index (χ1v) is 40.5. The molecule has 0 aromatic carbocycles. The summed E-state index contributed by atoms with van der Waals surface area (Å²) in [6, 6.07) is -0.939. The first-order chi connectivity index (χ1) is 47.1. The Kier molecular flexibility index (Phi) is 61.7. The van der Waals surface area contributed by atoms with Crippen LogP contribution >= 0.6 is 0 Å². The normalized spacial score (nSPS) is 22.5. The zero-order chi connectivity index (χ0) is 69.4. The molecule has 1 amide bonds. The topological polar surface area (TPSA) is 228 Å². The summed E-state index contributed by atoms with van der Waals surface area (Å²) >= 11 is 0. The molecular weight excluding hydrogens is 1210 g/mol. The van der Waals surface area contributed by atoms with Gasteiger partial charge in [-0.3, -0.25) is 4.79 Å². The molecule has 12 atom stereocenters. The Morgan fingerprint density at radius 3 is 1.08 bits per heavy atom. The number of nitrogens with one attached hydrogen (secondary N) is 1. The Labute approximate surface area is 587 Å². The average molecular weight is 1360 g/mol. The number of ether oxygens (including phenoxy) is 4. The van der Waals surface area contributed by atoms with Crippen LogP contribution in [-0.2, 0) is 23.7 Å². The molecule has 2 fully saturated rings. The largest absolute Gasteiger partial charge is 0.394 e. The zero-order valence-electron chi connectivity index (χ0n) is 61.6. The summed E-state index contributed by atoms with van der Waals surface area (Å²) in [6.07, 6.45) is 73.3. The van der Waals surface area contributed by atoms with E-state index in [1.165, 1.54) is 276 Å². The van der Waals surface area contributed by atoms with Gasteiger partial charge in [-0.15, -0.1) is 0 Å². The number of carbonyl (C=O) groups excluding carboxylic acids is 1. The lowest BCUT2D eigenvalue weighted by molar-refractivity contribution is -0.359. The minimum absolute atomic E-state index is 0.247. The minimum Gasteiger partial charge on any atom is -0.394 e. The molecule has 96 heavy (non-hydrogen) atoms. The highest BCUT2D eigenvalue weighted by atomic mass is 16.7. The van der Waals surface area contributed by atoms with Gasteiger partial charge in [0.15, 0.2) is 12.6 Å². The summed E-state index contributed by atoms with van der Waals surface area (Å²) in [5.41, 5.74) is 0. The smallest absolute Gasteiger partial charge is 0.220 e. The molecule has 0 saturated carbocycles. The summed E-state index contributed by atoms with van der Waals surface area (Å²) in [7, 11) is 0. The van der Waals surface area contributed by atoms with E-state index in [0.29, 0.717) is 12.8 Å². The van der Waals surface area contributed by atoms with Gasteiger partial charge in [0.05, 0.1) is 32.0 Å². The van der Waals surface area contributed by atoms with E-state index in [1.54, 1.807) is 6.08 Å². The fourth-order valence-electron chi connectivity index (χ4n) is 13.2. The standard InChI is InChI=1S/C82H151NO13/c1-3-5-7-9-11-13-15-17-19-21-23-25-26-27-28-29-30-31-32-33-34-35-36-37-38-39-40-41-42-43-44-46-48-50-52-54-56-58-60-62-64-66-74(87)83-70(71(86)65-63-61-59-57-55-53-51-49-47-45-24-22-20-18-16-14-12-10-8-6-4-2)69-93-81-79(92)77(90)80(73(68-85)95-81)96-82-78(91)76(89)75(88)72(67-84)94-82/h15,17,21,23,47,49,55,57,63,65,70-73,75-82,84-86,88-92H,3-14,16,18-20,22,24-46,48,50-54,56,58-62,64,66-69H2,1-2H3,(H,83,87)/b17-15-,23-21-,49-47+,57-55+,65-63+. The molecular formula is C82H151NO13. The quantitative estimate of drug-likeness (QED) is 0.0204. The molecule has 9 N–H and O–H groups in total. The Morgan fingerprint density at radius 2 is 0.698 bits per heavy atom. The van der Waals surface area contributed by atoms with E-state index in [9.17, 15) is 45.6 Å². The molecule has 2 saturated heterocycles. The van der Waals surface area contributed by atoms with Gasteiger partial charge in [-0.25, -0.2) is 0 Å². The summed E-state index contributed by atoms with van der Waals surface area (Å²) in [6.45, 7) is 2.81. The third-order valence-corrected chi connectivity index (χ3v) is 19.7. The lowest BCUT2D eigenvalue weighted by Gasteiger charge is -2.46. The number of aliphatic hydroxyl groups excluding tert-OH is 8. The Morgan fingerprint density at radius 1 is 0.375 bits per heavy atom. The maximum atomic E-state index is 13.4. The summed E-state index contributed by atoms with van der Waals surface area (Å²) in [4.78, 5) is 13.4. The summed E-state index contributed by atoms with van der Waals surface area (Å²) < 4.78 is 22.9. The highest BCUT2D eigenvalue weighted by Gasteiger charge is 2.51. The van der Waals surface area contributed by atoms with Crippen LogP contribution in [0.25, 0.3) is 0 Å². The van der Waals surface area contributed by atoms with Crippen LogP contribution in [0.4, 0.5) is 0 Å². The fraction of sp³-hybridized carbons (Fsp3) is 0.866. The molecule has 0 aromatic rings. The lowest BCUT2D eigenvalue weighted by atomic mass is 9.97. The van der Waals surface area contributed by atoms with Gasteiger partial charge in [-0.2, -0.15) is 0 Å². The van der Waals surface area contributed by atoms with Crippen molar-refractivity contribution in [2.45, 2.75) is 434 Å². The van der Waals surface area contributed by atoms with Crippen molar-refractivity contribution in [3.05, 3.63) is 60.8 Å². The minimum atomic E-state index is -1.79. The first kappa shape index (κ1) is 89.8. The number of rotatable bonds is 68. The number of unbranched alkanes of at least 4 members (excludes halogenated alkanes) is 47. The summed E-state index contributed by atoms with van der Waals surface area (Å²) in [5, 5.41) is 87.5. The van der Waals surface area contributed by atoms with Crippen LogP contribution in [0.2, 0.25) is 0 Å². The van der Waals surface area contributed by atoms with E-state index >= 15 is 0 Å². The Bertz CT molecular complexity index is 1840. The number of carbonyl (C=O) groups is 1. The highest BCUT2D eigenvalue weighted by molar-refractivity contribution is 5.76. The molecule has 0 bridgehead atoms. The van der Waals surface area contributed by atoms with Crippen molar-refractivity contribution in [3.63, 3.8) is 0 Å². The molecule has 12 unspecified atom stereocenters. The predicted molar refractivity (Wildman–Crippen MR) is 397 cm³/mol. The monoisotopic (exact) mass is 1360 g/mol. The van der Waals surface area contributed by atoms with E-state index in [0.717, 1.165) is 51.4 Å². The molecule has 14 heteroatoms. The zero-order valence-corrected chi connectivity index (χ0v) is 61.6.